The summed E-state index contributed by atoms with van der Waals surface area (Å²) >= 11 is 0. The molecule has 0 N–H and O–H groups in total. The van der Waals surface area contributed by atoms with Gasteiger partial charge in [-0.3, -0.25) is 18.3 Å². The van der Waals surface area contributed by atoms with Crippen molar-refractivity contribution in [2.75, 3.05) is 0 Å². The molecule has 4 aliphatic rings. The normalized spacial score (nSPS) is 13.8. The maximum Gasteiger partial charge on any atom is 0.199 e. The van der Waals surface area contributed by atoms with E-state index in [4.69, 9.17) is 19.9 Å². The number of nitrogens with zero attached hydrogens (tertiary/aromatic N) is 20. The van der Waals surface area contributed by atoms with E-state index in [1.807, 2.05) is 12.1 Å². The molecule has 134 heavy (non-hydrogen) atoms. The lowest BCUT2D eigenvalue weighted by Crippen LogP contribution is -2.26. The number of aromatic nitrogens is 20. The zero-order valence-electron chi connectivity index (χ0n) is 74.6. The molecular weight excluding hydrogens is 1650 g/mol. The van der Waals surface area contributed by atoms with Crippen LogP contribution in [0.3, 0.4) is 0 Å². The third-order valence-electron chi connectivity index (χ3n) is 27.4. The van der Waals surface area contributed by atoms with Crippen LogP contribution in [0.5, 0.6) is 0 Å². The molecule has 12 heterocycles. The second-order valence-electron chi connectivity index (χ2n) is 36.4. The number of rotatable bonds is 9. The first-order valence-electron chi connectivity index (χ1n) is 44.8. The maximum atomic E-state index is 4.95. The van der Waals surface area contributed by atoms with Crippen molar-refractivity contribution in [1.82, 2.24) is 98.0 Å². The maximum absolute atomic E-state index is 4.95. The third-order valence-corrected chi connectivity index (χ3v) is 27.4. The van der Waals surface area contributed by atoms with Crippen LogP contribution in [-0.4, -0.2) is 98.0 Å². The number of benzene rings is 15. The average molecular weight is 1730 g/mol. The van der Waals surface area contributed by atoms with Gasteiger partial charge in [-0.05, 0) is 201 Å². The van der Waals surface area contributed by atoms with Crippen molar-refractivity contribution in [3.63, 3.8) is 0 Å². The van der Waals surface area contributed by atoms with Gasteiger partial charge in [-0.15, -0.1) is 0 Å². The fraction of sp³-hybridized carbons (Fsp3) is 0.105. The number of imidazole rings is 4. The Morgan fingerprint density at radius 1 is 0.194 bits per heavy atom. The minimum Gasteiger partial charge on any atom is -0.289 e. The topological polar surface area (TPSA) is 226 Å². The van der Waals surface area contributed by atoms with E-state index in [1.165, 1.54) is 172 Å². The zero-order valence-corrected chi connectivity index (χ0v) is 74.6. The van der Waals surface area contributed by atoms with Crippen LogP contribution in [0, 0.1) is 0 Å². The Kier molecular flexibility index (Phi) is 18.7. The highest BCUT2D eigenvalue weighted by Gasteiger charge is 2.42. The molecule has 0 unspecified atom stereocenters. The molecular formula is C114H84N20. The smallest absolute Gasteiger partial charge is 0.199 e. The van der Waals surface area contributed by atoms with E-state index in [0.717, 1.165) is 90.2 Å². The molecule has 0 saturated heterocycles. The highest BCUT2D eigenvalue weighted by atomic mass is 15.2. The van der Waals surface area contributed by atoms with Gasteiger partial charge in [0.2, 0.25) is 0 Å². The number of hydrogen-bond acceptors (Lipinski definition) is 16. The Morgan fingerprint density at radius 2 is 0.455 bits per heavy atom. The molecule has 0 spiro atoms. The Labute approximate surface area is 771 Å². The van der Waals surface area contributed by atoms with Crippen molar-refractivity contribution in [3.05, 3.63) is 411 Å². The van der Waals surface area contributed by atoms with Crippen molar-refractivity contribution in [2.45, 2.75) is 77.0 Å². The summed E-state index contributed by atoms with van der Waals surface area (Å²) in [6, 6.07) is 112. The van der Waals surface area contributed by atoms with Gasteiger partial charge in [0, 0.05) is 21.7 Å². The van der Waals surface area contributed by atoms with E-state index in [9.17, 15) is 0 Å². The molecule has 0 aliphatic carbocycles. The lowest BCUT2D eigenvalue weighted by atomic mass is 9.74. The minimum absolute atomic E-state index is 0.161. The summed E-state index contributed by atoms with van der Waals surface area (Å²) in [7, 11) is 0. The van der Waals surface area contributed by atoms with Crippen LogP contribution in [0.1, 0.15) is 99.9 Å². The van der Waals surface area contributed by atoms with Crippen LogP contribution in [-0.2, 0) is 21.7 Å². The van der Waals surface area contributed by atoms with Crippen molar-refractivity contribution in [2.24, 2.45) is 0 Å². The molecule has 15 aromatic carbocycles. The molecule has 0 bridgehead atoms. The first kappa shape index (κ1) is 80.1. The first-order chi connectivity index (χ1) is 65.5. The zero-order chi connectivity index (χ0) is 90.3. The molecule has 20 heteroatoms. The van der Waals surface area contributed by atoms with Crippen molar-refractivity contribution in [3.8, 4) is 125 Å². The van der Waals surface area contributed by atoms with Gasteiger partial charge in [-0.2, -0.15) is 0 Å². The van der Waals surface area contributed by atoms with Gasteiger partial charge in [0.15, 0.2) is 46.6 Å². The van der Waals surface area contributed by atoms with Gasteiger partial charge in [0.1, 0.15) is 50.6 Å². The lowest BCUT2D eigenvalue weighted by molar-refractivity contribution is 0.629. The van der Waals surface area contributed by atoms with E-state index in [-0.39, 0.29) is 21.7 Å². The Bertz CT molecular complexity index is 8590. The fourth-order valence-electron chi connectivity index (χ4n) is 20.7. The standard InChI is InChI=1S/C31H23N5.2C29H21N5.C25H19N5/c1-31(2)24-9-6-10-26-28(24)36(30(35-26)29-33-18-32-19-34-29)27-16-15-23(17-25(27)31)22-13-11-21(12-14-22)20-7-4-3-5-8-20;1-29(2)22-11-6-12-24-26(22)34(28(33-24)27-31-16-30-17-32-27)25-14-13-19(15-23(25)29)21-10-5-8-18-7-3-4-9-20(18)21;1-29(2)22-8-5-9-24-26(22)34(28(33-24)27-31-16-30-17-32-27)25-13-12-21(15-23(25)29)20-11-10-18-6-3-4-7-19(18)14-20;1-25(2)18-9-6-10-20-22(18)30(24(29-20)23-27-14-26-15-28-23)21-12-11-17(13-19(21)25)16-7-4-3-5-8-16/h3-19H,1-2H3;2*3-17H,1-2H3;3-15H,1-2H3. The molecule has 4 aliphatic heterocycles. The van der Waals surface area contributed by atoms with Crippen LogP contribution in [0.2, 0.25) is 0 Å². The Hall–Kier alpha value is -17.3. The number of fused-ring (bicyclic) bond motifs is 10. The van der Waals surface area contributed by atoms with Crippen LogP contribution in [0.15, 0.2) is 366 Å². The average Bonchev–Trinajstić information content (AvgIpc) is 1.52. The second-order valence-corrected chi connectivity index (χ2v) is 36.4. The summed E-state index contributed by atoms with van der Waals surface area (Å²) in [6.45, 7) is 18.3. The van der Waals surface area contributed by atoms with Gasteiger partial charge in [-0.1, -0.05) is 292 Å². The molecule has 0 amide bonds. The van der Waals surface area contributed by atoms with Crippen molar-refractivity contribution in [1.29, 1.82) is 0 Å². The molecule has 0 radical (unpaired) electrons. The molecule has 0 saturated carbocycles. The predicted octanol–water partition coefficient (Wildman–Crippen LogP) is 24.7. The quantitative estimate of drug-likeness (QED) is 0.131. The Balaban J connectivity index is 0.0000000983. The predicted molar refractivity (Wildman–Crippen MR) is 530 cm³/mol. The van der Waals surface area contributed by atoms with E-state index >= 15 is 0 Å². The van der Waals surface area contributed by atoms with Gasteiger partial charge in [-0.25, -0.2) is 79.7 Å². The summed E-state index contributed by atoms with van der Waals surface area (Å²) in [5.41, 5.74) is 34.2. The highest BCUT2D eigenvalue weighted by molar-refractivity contribution is 5.99. The molecule has 20 nitrogen and oxygen atoms in total. The summed E-state index contributed by atoms with van der Waals surface area (Å²) in [4.78, 5) is 70.9. The molecule has 23 aromatic rings. The van der Waals surface area contributed by atoms with Gasteiger partial charge in [0.25, 0.3) is 0 Å². The summed E-state index contributed by atoms with van der Waals surface area (Å²) in [5.74, 6) is 5.23. The second kappa shape index (κ2) is 31.3. The minimum atomic E-state index is -0.193. The van der Waals surface area contributed by atoms with Crippen LogP contribution in [0.4, 0.5) is 0 Å². The lowest BCUT2D eigenvalue weighted by Gasteiger charge is -2.34. The highest BCUT2D eigenvalue weighted by Crippen LogP contribution is 2.53. The molecule has 0 atom stereocenters. The van der Waals surface area contributed by atoms with Crippen molar-refractivity contribution < 1.29 is 0 Å². The van der Waals surface area contributed by atoms with E-state index in [2.05, 4.69) is 437 Å². The fourth-order valence-corrected chi connectivity index (χ4v) is 20.7. The van der Waals surface area contributed by atoms with Crippen LogP contribution < -0.4 is 0 Å². The molecule has 27 rings (SSSR count). The number of hydrogen-bond donors (Lipinski definition) is 0. The van der Waals surface area contributed by atoms with Gasteiger partial charge < -0.3 is 0 Å². The summed E-state index contributed by atoms with van der Waals surface area (Å²) < 4.78 is 8.84. The molecule has 640 valence electrons. The van der Waals surface area contributed by atoms with Gasteiger partial charge in [0.05, 0.1) is 66.9 Å². The van der Waals surface area contributed by atoms with E-state index in [0.29, 0.717) is 23.3 Å². The third kappa shape index (κ3) is 13.0. The Morgan fingerprint density at radius 3 is 0.828 bits per heavy atom. The largest absolute Gasteiger partial charge is 0.289 e. The van der Waals surface area contributed by atoms with Crippen LogP contribution in [0.25, 0.3) is 191 Å². The monoisotopic (exact) mass is 1730 g/mol. The number of para-hydroxylation sites is 4. The van der Waals surface area contributed by atoms with E-state index in [1.54, 1.807) is 0 Å². The van der Waals surface area contributed by atoms with Gasteiger partial charge >= 0.3 is 0 Å². The van der Waals surface area contributed by atoms with E-state index < -0.39 is 0 Å². The van der Waals surface area contributed by atoms with Crippen LogP contribution >= 0.6 is 0 Å². The molecule has 8 aromatic heterocycles. The summed E-state index contributed by atoms with van der Waals surface area (Å²) in [6.07, 6.45) is 12.2. The summed E-state index contributed by atoms with van der Waals surface area (Å²) in [5, 5.41) is 5.00. The molecule has 0 fully saturated rings. The first-order valence-corrected chi connectivity index (χ1v) is 44.8. The van der Waals surface area contributed by atoms with Crippen molar-refractivity contribution >= 4 is 65.7 Å². The SMILES string of the molecule is CC1(C)c2cc(-c3ccc(-c4ccccc4)cc3)ccc2-n2c(-c3ncncn3)nc3cccc1c32.CC1(C)c2cc(-c3ccc4ccccc4c3)ccc2-n2c(-c3ncncn3)nc3cccc1c32.CC1(C)c2cc(-c3cccc4ccccc34)ccc2-n2c(-c3ncncn3)nc3cccc1c32.CC1(C)c2cc(-c3ccccc3)ccc2-n2c(-c3ncncn3)nc3cccc1c32.